The van der Waals surface area contributed by atoms with Crippen LogP contribution in [0.5, 0.6) is 0 Å². The molecule has 2 nitrogen and oxygen atoms in total. The lowest BCUT2D eigenvalue weighted by Gasteiger charge is -2.14. The van der Waals surface area contributed by atoms with Crippen LogP contribution >= 0.6 is 22.9 Å². The van der Waals surface area contributed by atoms with E-state index in [-0.39, 0.29) is 5.92 Å². The number of hydrogen-bond acceptors (Lipinski definition) is 3. The van der Waals surface area contributed by atoms with Crippen molar-refractivity contribution in [1.29, 1.82) is 5.26 Å². The zero-order chi connectivity index (χ0) is 13.2. The number of nitriles is 1. The summed E-state index contributed by atoms with van der Waals surface area (Å²) in [4.78, 5) is 1.17. The molecule has 0 spiro atoms. The van der Waals surface area contributed by atoms with Crippen LogP contribution < -0.4 is 5.32 Å². The standard InChI is InChI=1S/C15H15ClN2S/c16-15-11-5-1-2-7-13(11)19-14(15)9-18-12-6-3-4-10(12)8-17/h1-2,5,7,10,12,18H,3-4,6,9H2. The van der Waals surface area contributed by atoms with Crippen molar-refractivity contribution in [2.75, 3.05) is 0 Å². The highest BCUT2D eigenvalue weighted by molar-refractivity contribution is 7.19. The third-order valence-corrected chi connectivity index (χ3v) is 5.52. The van der Waals surface area contributed by atoms with Crippen molar-refractivity contribution in [3.05, 3.63) is 34.2 Å². The molecule has 1 heterocycles. The molecule has 2 aromatic rings. The van der Waals surface area contributed by atoms with E-state index in [9.17, 15) is 0 Å². The third-order valence-electron chi connectivity index (χ3n) is 3.81. The summed E-state index contributed by atoms with van der Waals surface area (Å²) in [7, 11) is 0. The molecule has 1 aromatic heterocycles. The highest BCUT2D eigenvalue weighted by Gasteiger charge is 2.26. The van der Waals surface area contributed by atoms with Crippen molar-refractivity contribution in [1.82, 2.24) is 5.32 Å². The molecule has 3 rings (SSSR count). The summed E-state index contributed by atoms with van der Waals surface area (Å²) in [6.45, 7) is 0.765. The van der Waals surface area contributed by atoms with Gasteiger partial charge in [-0.25, -0.2) is 0 Å². The Morgan fingerprint density at radius 3 is 3.00 bits per heavy atom. The fourth-order valence-electron chi connectivity index (χ4n) is 2.76. The van der Waals surface area contributed by atoms with Crippen LogP contribution in [0.15, 0.2) is 24.3 Å². The number of halogens is 1. The van der Waals surface area contributed by atoms with Gasteiger partial charge < -0.3 is 5.32 Å². The minimum absolute atomic E-state index is 0.160. The number of rotatable bonds is 3. The summed E-state index contributed by atoms with van der Waals surface area (Å²) >= 11 is 8.16. The van der Waals surface area contributed by atoms with Crippen molar-refractivity contribution in [3.63, 3.8) is 0 Å². The smallest absolute Gasteiger partial charge is 0.0672 e. The van der Waals surface area contributed by atoms with Crippen molar-refractivity contribution in [2.24, 2.45) is 5.92 Å². The molecule has 1 saturated carbocycles. The van der Waals surface area contributed by atoms with E-state index in [1.165, 1.54) is 9.58 Å². The van der Waals surface area contributed by atoms with Gasteiger partial charge in [-0.05, 0) is 18.9 Å². The van der Waals surface area contributed by atoms with E-state index in [4.69, 9.17) is 16.9 Å². The van der Waals surface area contributed by atoms with Crippen LogP contribution in [0.3, 0.4) is 0 Å². The van der Waals surface area contributed by atoms with Crippen molar-refractivity contribution in [3.8, 4) is 6.07 Å². The first-order valence-electron chi connectivity index (χ1n) is 6.58. The second kappa shape index (κ2) is 5.50. The molecule has 2 atom stereocenters. The maximum absolute atomic E-state index is 9.09. The second-order valence-corrected chi connectivity index (χ2v) is 6.50. The van der Waals surface area contributed by atoms with Crippen LogP contribution in [0.25, 0.3) is 10.1 Å². The van der Waals surface area contributed by atoms with E-state index in [0.717, 1.165) is 36.2 Å². The molecule has 0 radical (unpaired) electrons. The van der Waals surface area contributed by atoms with Crippen LogP contribution in [0, 0.1) is 17.2 Å². The van der Waals surface area contributed by atoms with E-state index in [0.29, 0.717) is 6.04 Å². The van der Waals surface area contributed by atoms with Gasteiger partial charge in [0.1, 0.15) is 0 Å². The number of nitrogens with one attached hydrogen (secondary N) is 1. The molecule has 1 aromatic carbocycles. The molecular formula is C15H15ClN2S. The maximum atomic E-state index is 9.09. The van der Waals surface area contributed by atoms with Crippen LogP contribution in [-0.2, 0) is 6.54 Å². The highest BCUT2D eigenvalue weighted by atomic mass is 35.5. The predicted octanol–water partition coefficient (Wildman–Crippen LogP) is 4.34. The quantitative estimate of drug-likeness (QED) is 0.913. The van der Waals surface area contributed by atoms with Gasteiger partial charge in [0.2, 0.25) is 0 Å². The van der Waals surface area contributed by atoms with E-state index in [1.807, 2.05) is 12.1 Å². The van der Waals surface area contributed by atoms with E-state index in [1.54, 1.807) is 11.3 Å². The van der Waals surface area contributed by atoms with Gasteiger partial charge in [0, 0.05) is 27.5 Å². The summed E-state index contributed by atoms with van der Waals surface area (Å²) in [6.07, 6.45) is 3.27. The van der Waals surface area contributed by atoms with Crippen LogP contribution in [-0.4, -0.2) is 6.04 Å². The summed E-state index contributed by atoms with van der Waals surface area (Å²) in [5.74, 6) is 0.160. The van der Waals surface area contributed by atoms with E-state index in [2.05, 4.69) is 23.5 Å². The number of nitrogens with zero attached hydrogens (tertiary/aromatic N) is 1. The highest BCUT2D eigenvalue weighted by Crippen LogP contribution is 2.35. The summed E-state index contributed by atoms with van der Waals surface area (Å²) < 4.78 is 1.23. The lowest BCUT2D eigenvalue weighted by molar-refractivity contribution is 0.466. The Kier molecular flexibility index (Phi) is 3.74. The lowest BCUT2D eigenvalue weighted by Crippen LogP contribution is -2.30. The summed E-state index contributed by atoms with van der Waals surface area (Å²) in [5, 5.41) is 14.6. The van der Waals surface area contributed by atoms with Crippen molar-refractivity contribution < 1.29 is 0 Å². The zero-order valence-corrected chi connectivity index (χ0v) is 12.1. The molecule has 1 aliphatic carbocycles. The molecule has 0 aliphatic heterocycles. The topological polar surface area (TPSA) is 35.8 Å². The molecule has 0 saturated heterocycles. The van der Waals surface area contributed by atoms with Gasteiger partial charge in [-0.3, -0.25) is 0 Å². The number of thiophene rings is 1. The number of hydrogen-bond donors (Lipinski definition) is 1. The number of benzene rings is 1. The Hall–Kier alpha value is -1.08. The molecule has 0 bridgehead atoms. The lowest BCUT2D eigenvalue weighted by atomic mass is 10.1. The first-order valence-corrected chi connectivity index (χ1v) is 7.78. The summed E-state index contributed by atoms with van der Waals surface area (Å²) in [5.41, 5.74) is 0. The van der Waals surface area contributed by atoms with Crippen molar-refractivity contribution in [2.45, 2.75) is 31.8 Å². The van der Waals surface area contributed by atoms with Gasteiger partial charge >= 0.3 is 0 Å². The van der Waals surface area contributed by atoms with Gasteiger partial charge in [-0.2, -0.15) is 5.26 Å². The van der Waals surface area contributed by atoms with Gasteiger partial charge in [0.25, 0.3) is 0 Å². The Labute approximate surface area is 122 Å². The SMILES string of the molecule is N#CC1CCCC1NCc1sc2ccccc2c1Cl. The van der Waals surface area contributed by atoms with Crippen molar-refractivity contribution >= 4 is 33.0 Å². The zero-order valence-electron chi connectivity index (χ0n) is 10.5. The fraction of sp³-hybridized carbons (Fsp3) is 0.400. The average Bonchev–Trinajstić information content (AvgIpc) is 3.01. The van der Waals surface area contributed by atoms with Gasteiger partial charge in [0.15, 0.2) is 0 Å². The van der Waals surface area contributed by atoms with E-state index < -0.39 is 0 Å². The minimum atomic E-state index is 0.160. The van der Waals surface area contributed by atoms with Crippen LogP contribution in [0.1, 0.15) is 24.1 Å². The molecule has 19 heavy (non-hydrogen) atoms. The predicted molar refractivity (Wildman–Crippen MR) is 80.4 cm³/mol. The first-order chi connectivity index (χ1) is 9.29. The Morgan fingerprint density at radius 2 is 2.21 bits per heavy atom. The molecule has 1 aliphatic rings. The molecule has 4 heteroatoms. The van der Waals surface area contributed by atoms with Gasteiger partial charge in [0.05, 0.1) is 17.0 Å². The normalized spacial score (nSPS) is 22.7. The fourth-order valence-corrected chi connectivity index (χ4v) is 4.21. The molecule has 2 unspecified atom stereocenters. The Morgan fingerprint density at radius 1 is 1.37 bits per heavy atom. The summed E-state index contributed by atoms with van der Waals surface area (Å²) in [6, 6.07) is 10.9. The monoisotopic (exact) mass is 290 g/mol. The maximum Gasteiger partial charge on any atom is 0.0672 e. The Bertz CT molecular complexity index is 629. The van der Waals surface area contributed by atoms with Crippen LogP contribution in [0.4, 0.5) is 0 Å². The molecule has 98 valence electrons. The van der Waals surface area contributed by atoms with Gasteiger partial charge in [-0.15, -0.1) is 11.3 Å². The minimum Gasteiger partial charge on any atom is -0.308 e. The van der Waals surface area contributed by atoms with E-state index >= 15 is 0 Å². The molecule has 1 N–H and O–H groups in total. The van der Waals surface area contributed by atoms with Gasteiger partial charge in [-0.1, -0.05) is 36.2 Å². The number of fused-ring (bicyclic) bond motifs is 1. The molecule has 0 amide bonds. The average molecular weight is 291 g/mol. The largest absolute Gasteiger partial charge is 0.308 e. The Balaban J connectivity index is 1.75. The third kappa shape index (κ3) is 2.49. The molecular weight excluding hydrogens is 276 g/mol. The van der Waals surface area contributed by atoms with Crippen LogP contribution in [0.2, 0.25) is 5.02 Å². The first kappa shape index (κ1) is 12.9. The second-order valence-electron chi connectivity index (χ2n) is 4.99. The molecule has 1 fully saturated rings.